The highest BCUT2D eigenvalue weighted by atomic mass is 16.4. The van der Waals surface area contributed by atoms with Gasteiger partial charge in [-0.05, 0) is 12.3 Å². The van der Waals surface area contributed by atoms with E-state index in [9.17, 15) is 4.79 Å². The summed E-state index contributed by atoms with van der Waals surface area (Å²) in [6.07, 6.45) is 5.23. The lowest BCUT2D eigenvalue weighted by Gasteiger charge is -2.15. The molecule has 0 saturated heterocycles. The van der Waals surface area contributed by atoms with E-state index in [-0.39, 0.29) is 5.92 Å². The predicted octanol–water partition coefficient (Wildman–Crippen LogP) is 1.34. The van der Waals surface area contributed by atoms with Crippen molar-refractivity contribution in [1.29, 1.82) is 0 Å². The monoisotopic (exact) mass is 169 g/mol. The molecule has 0 rings (SSSR count). The molecule has 0 aromatic carbocycles. The van der Waals surface area contributed by atoms with Gasteiger partial charge in [-0.2, -0.15) is 0 Å². The number of carboxylic acid groups (broad SMARTS) is 1. The first-order valence-corrected chi connectivity index (χ1v) is 3.80. The second kappa shape index (κ2) is 5.41. The fraction of sp³-hybridized carbons (Fsp3) is 0.444. The number of hydrogen-bond donors (Lipinski definition) is 1. The van der Waals surface area contributed by atoms with E-state index in [1.165, 1.54) is 0 Å². The van der Waals surface area contributed by atoms with Crippen LogP contribution < -0.4 is 0 Å². The first kappa shape index (κ1) is 10.8. The Bertz CT molecular complexity index is 187. The maximum absolute atomic E-state index is 10.4. The van der Waals surface area contributed by atoms with Crippen molar-refractivity contribution in [2.24, 2.45) is 5.92 Å². The summed E-state index contributed by atoms with van der Waals surface area (Å²) >= 11 is 0. The van der Waals surface area contributed by atoms with E-state index < -0.39 is 5.97 Å². The third-order valence-electron chi connectivity index (χ3n) is 1.46. The standard InChI is InChI=1S/C9H15NO2/c1-4-5-6-10(3)7-8(2)9(11)12/h4-6,8H,1,7H2,2-3H3,(H,11,12). The fourth-order valence-electron chi connectivity index (χ4n) is 0.779. The quantitative estimate of drug-likeness (QED) is 0.631. The zero-order chi connectivity index (χ0) is 9.56. The molecule has 3 nitrogen and oxygen atoms in total. The second-order valence-corrected chi connectivity index (χ2v) is 2.76. The van der Waals surface area contributed by atoms with Crippen LogP contribution in [0, 0.1) is 5.92 Å². The lowest BCUT2D eigenvalue weighted by molar-refractivity contribution is -0.141. The van der Waals surface area contributed by atoms with Crippen LogP contribution in [0.5, 0.6) is 0 Å². The SMILES string of the molecule is C=CC=CN(C)CC(C)C(=O)O. The Morgan fingerprint density at radius 2 is 2.33 bits per heavy atom. The number of nitrogens with zero attached hydrogens (tertiary/aromatic N) is 1. The van der Waals surface area contributed by atoms with Crippen molar-refractivity contribution in [3.63, 3.8) is 0 Å². The molecule has 0 fully saturated rings. The predicted molar refractivity (Wildman–Crippen MR) is 48.8 cm³/mol. The molecule has 0 saturated carbocycles. The summed E-state index contributed by atoms with van der Waals surface area (Å²) in [5.41, 5.74) is 0. The van der Waals surface area contributed by atoms with Gasteiger partial charge < -0.3 is 10.0 Å². The van der Waals surface area contributed by atoms with Crippen LogP contribution in [0.3, 0.4) is 0 Å². The average molecular weight is 169 g/mol. The molecule has 0 bridgehead atoms. The van der Waals surface area contributed by atoms with E-state index in [4.69, 9.17) is 5.11 Å². The molecular formula is C9H15NO2. The Balaban J connectivity index is 3.83. The Morgan fingerprint density at radius 1 is 1.75 bits per heavy atom. The van der Waals surface area contributed by atoms with Gasteiger partial charge in [0.2, 0.25) is 0 Å². The summed E-state index contributed by atoms with van der Waals surface area (Å²) in [6.45, 7) is 5.71. The van der Waals surface area contributed by atoms with E-state index >= 15 is 0 Å². The molecule has 0 radical (unpaired) electrons. The highest BCUT2D eigenvalue weighted by Gasteiger charge is 2.10. The molecule has 0 spiro atoms. The van der Waals surface area contributed by atoms with Crippen LogP contribution in [-0.4, -0.2) is 29.6 Å². The molecule has 0 aliphatic heterocycles. The second-order valence-electron chi connectivity index (χ2n) is 2.76. The largest absolute Gasteiger partial charge is 0.481 e. The third-order valence-corrected chi connectivity index (χ3v) is 1.46. The molecule has 1 unspecified atom stereocenters. The summed E-state index contributed by atoms with van der Waals surface area (Å²) in [7, 11) is 1.83. The molecular weight excluding hydrogens is 154 g/mol. The molecule has 0 amide bonds. The Kier molecular flexibility index (Phi) is 4.84. The Morgan fingerprint density at radius 3 is 2.75 bits per heavy atom. The molecule has 3 heteroatoms. The maximum atomic E-state index is 10.4. The topological polar surface area (TPSA) is 40.5 Å². The highest BCUT2D eigenvalue weighted by Crippen LogP contribution is 1.98. The van der Waals surface area contributed by atoms with E-state index in [0.717, 1.165) is 0 Å². The zero-order valence-corrected chi connectivity index (χ0v) is 7.53. The van der Waals surface area contributed by atoms with Gasteiger partial charge in [-0.25, -0.2) is 0 Å². The van der Waals surface area contributed by atoms with Gasteiger partial charge in [0.15, 0.2) is 0 Å². The highest BCUT2D eigenvalue weighted by molar-refractivity contribution is 5.69. The molecule has 68 valence electrons. The lowest BCUT2D eigenvalue weighted by atomic mass is 10.2. The van der Waals surface area contributed by atoms with Crippen molar-refractivity contribution >= 4 is 5.97 Å². The minimum atomic E-state index is -0.770. The van der Waals surface area contributed by atoms with Gasteiger partial charge in [0.05, 0.1) is 5.92 Å². The lowest BCUT2D eigenvalue weighted by Crippen LogP contribution is -2.24. The summed E-state index contributed by atoms with van der Waals surface area (Å²) in [5.74, 6) is -1.11. The summed E-state index contributed by atoms with van der Waals surface area (Å²) in [4.78, 5) is 12.3. The summed E-state index contributed by atoms with van der Waals surface area (Å²) < 4.78 is 0. The first-order valence-electron chi connectivity index (χ1n) is 3.80. The first-order chi connectivity index (χ1) is 5.57. The fourth-order valence-corrected chi connectivity index (χ4v) is 0.779. The van der Waals surface area contributed by atoms with Crippen LogP contribution in [0.25, 0.3) is 0 Å². The van der Waals surface area contributed by atoms with Crippen LogP contribution in [0.4, 0.5) is 0 Å². The van der Waals surface area contributed by atoms with E-state index in [2.05, 4.69) is 6.58 Å². The van der Waals surface area contributed by atoms with Gasteiger partial charge in [-0.15, -0.1) is 0 Å². The number of carboxylic acids is 1. The van der Waals surface area contributed by atoms with Gasteiger partial charge in [-0.1, -0.05) is 19.6 Å². The molecule has 12 heavy (non-hydrogen) atoms. The van der Waals surface area contributed by atoms with Gasteiger partial charge in [0.25, 0.3) is 0 Å². The number of aliphatic carboxylic acids is 1. The van der Waals surface area contributed by atoms with Crippen molar-refractivity contribution in [2.45, 2.75) is 6.92 Å². The molecule has 0 aromatic rings. The molecule has 1 atom stereocenters. The van der Waals surface area contributed by atoms with Crippen LogP contribution in [0.2, 0.25) is 0 Å². The summed E-state index contributed by atoms with van der Waals surface area (Å²) in [5, 5.41) is 8.59. The van der Waals surface area contributed by atoms with E-state index in [0.29, 0.717) is 6.54 Å². The van der Waals surface area contributed by atoms with Crippen LogP contribution in [0.15, 0.2) is 24.9 Å². The Labute approximate surface area is 73.0 Å². The van der Waals surface area contributed by atoms with Crippen LogP contribution >= 0.6 is 0 Å². The van der Waals surface area contributed by atoms with Crippen molar-refractivity contribution in [1.82, 2.24) is 4.90 Å². The summed E-state index contributed by atoms with van der Waals surface area (Å²) in [6, 6.07) is 0. The molecule has 0 heterocycles. The number of allylic oxidation sites excluding steroid dienone is 2. The van der Waals surface area contributed by atoms with Crippen LogP contribution in [-0.2, 0) is 4.79 Å². The zero-order valence-electron chi connectivity index (χ0n) is 7.53. The molecule has 0 aliphatic rings. The van der Waals surface area contributed by atoms with E-state index in [1.54, 1.807) is 25.3 Å². The van der Waals surface area contributed by atoms with Crippen molar-refractivity contribution in [2.75, 3.05) is 13.6 Å². The van der Waals surface area contributed by atoms with Crippen molar-refractivity contribution in [3.05, 3.63) is 24.9 Å². The minimum Gasteiger partial charge on any atom is -0.481 e. The number of hydrogen-bond acceptors (Lipinski definition) is 2. The number of rotatable bonds is 5. The van der Waals surface area contributed by atoms with Gasteiger partial charge in [0.1, 0.15) is 0 Å². The van der Waals surface area contributed by atoms with Crippen molar-refractivity contribution < 1.29 is 9.90 Å². The third kappa shape index (κ3) is 4.55. The average Bonchev–Trinajstić information content (AvgIpc) is 2.00. The van der Waals surface area contributed by atoms with Gasteiger partial charge in [0, 0.05) is 13.6 Å². The normalized spacial score (nSPS) is 12.8. The smallest absolute Gasteiger partial charge is 0.308 e. The Hall–Kier alpha value is -1.25. The minimum absolute atomic E-state index is 0.343. The van der Waals surface area contributed by atoms with E-state index in [1.807, 2.05) is 11.9 Å². The van der Waals surface area contributed by atoms with Gasteiger partial charge in [-0.3, -0.25) is 4.79 Å². The molecule has 0 aliphatic carbocycles. The number of carbonyl (C=O) groups is 1. The van der Waals surface area contributed by atoms with Crippen molar-refractivity contribution in [3.8, 4) is 0 Å². The van der Waals surface area contributed by atoms with Gasteiger partial charge >= 0.3 is 5.97 Å². The van der Waals surface area contributed by atoms with Crippen LogP contribution in [0.1, 0.15) is 6.92 Å². The molecule has 1 N–H and O–H groups in total. The molecule has 0 aromatic heterocycles. The maximum Gasteiger partial charge on any atom is 0.308 e.